The van der Waals surface area contributed by atoms with E-state index in [1.807, 2.05) is 0 Å². The molecule has 1 unspecified atom stereocenters. The van der Waals surface area contributed by atoms with E-state index in [1.54, 1.807) is 0 Å². The van der Waals surface area contributed by atoms with Crippen LogP contribution in [0.2, 0.25) is 0 Å². The van der Waals surface area contributed by atoms with Crippen molar-refractivity contribution in [2.24, 2.45) is 16.6 Å². The van der Waals surface area contributed by atoms with Crippen molar-refractivity contribution in [1.29, 1.82) is 0 Å². The summed E-state index contributed by atoms with van der Waals surface area (Å²) in [7, 11) is 0. The van der Waals surface area contributed by atoms with Gasteiger partial charge in [0, 0.05) is 0 Å². The molecule has 1 aliphatic heterocycles. The van der Waals surface area contributed by atoms with Crippen molar-refractivity contribution in [2.45, 2.75) is 26.4 Å². The fraction of sp³-hybridized carbons (Fsp3) is 0.875. The van der Waals surface area contributed by atoms with E-state index in [1.165, 1.54) is 0 Å². The molecule has 0 saturated carbocycles. The van der Waals surface area contributed by atoms with Gasteiger partial charge >= 0.3 is 0 Å². The Bertz CT molecular complexity index is 154. The summed E-state index contributed by atoms with van der Waals surface area (Å²) in [5.41, 5.74) is 5.37. The molecule has 1 aliphatic rings. The molecule has 0 amide bonds. The summed E-state index contributed by atoms with van der Waals surface area (Å²) >= 11 is 0. The Morgan fingerprint density at radius 2 is 2.45 bits per heavy atom. The molecule has 0 bridgehead atoms. The summed E-state index contributed by atoms with van der Waals surface area (Å²) in [5.74, 6) is 1.39. The smallest absolute Gasteiger partial charge is 0.197 e. The molecule has 0 radical (unpaired) electrons. The molecule has 0 spiro atoms. The third kappa shape index (κ3) is 2.50. The number of nitrogens with zero attached hydrogens (tertiary/aromatic N) is 1. The lowest BCUT2D eigenvalue weighted by Gasteiger charge is -2.12. The summed E-state index contributed by atoms with van der Waals surface area (Å²) in [6, 6.07) is 0. The molecule has 1 atom stereocenters. The van der Waals surface area contributed by atoms with Crippen LogP contribution < -0.4 is 5.73 Å². The standard InChI is InChI=1S/C8H16N2O/c1-6(2)3-7-5-10-8(4-9)11-7/h6-7H,3-5,9H2,1-2H3. The van der Waals surface area contributed by atoms with Crippen molar-refractivity contribution in [3.05, 3.63) is 0 Å². The maximum absolute atomic E-state index is 5.45. The molecule has 0 aliphatic carbocycles. The van der Waals surface area contributed by atoms with Gasteiger partial charge in [0.15, 0.2) is 5.90 Å². The molecule has 3 nitrogen and oxygen atoms in total. The van der Waals surface area contributed by atoms with Crippen LogP contribution in [0.15, 0.2) is 4.99 Å². The molecule has 1 rings (SSSR count). The van der Waals surface area contributed by atoms with Crippen LogP contribution in [0.4, 0.5) is 0 Å². The maximum atomic E-state index is 5.45. The van der Waals surface area contributed by atoms with Crippen molar-refractivity contribution >= 4 is 5.90 Å². The van der Waals surface area contributed by atoms with Crippen molar-refractivity contribution in [2.75, 3.05) is 13.1 Å². The number of rotatable bonds is 3. The molecule has 11 heavy (non-hydrogen) atoms. The van der Waals surface area contributed by atoms with Crippen LogP contribution in [0.1, 0.15) is 20.3 Å². The van der Waals surface area contributed by atoms with Gasteiger partial charge in [0.1, 0.15) is 6.10 Å². The van der Waals surface area contributed by atoms with Crippen LogP contribution in [-0.2, 0) is 4.74 Å². The maximum Gasteiger partial charge on any atom is 0.197 e. The Morgan fingerprint density at radius 3 is 2.91 bits per heavy atom. The fourth-order valence-electron chi connectivity index (χ4n) is 1.23. The lowest BCUT2D eigenvalue weighted by Crippen LogP contribution is -2.20. The van der Waals surface area contributed by atoms with Crippen LogP contribution in [0.3, 0.4) is 0 Å². The number of nitrogens with two attached hydrogens (primary N) is 1. The quantitative estimate of drug-likeness (QED) is 0.656. The van der Waals surface area contributed by atoms with Gasteiger partial charge < -0.3 is 10.5 Å². The van der Waals surface area contributed by atoms with Crippen molar-refractivity contribution in [3.8, 4) is 0 Å². The van der Waals surface area contributed by atoms with Crippen LogP contribution in [-0.4, -0.2) is 25.1 Å². The van der Waals surface area contributed by atoms with Crippen LogP contribution in [0.25, 0.3) is 0 Å². The van der Waals surface area contributed by atoms with E-state index in [4.69, 9.17) is 10.5 Å². The predicted molar refractivity (Wildman–Crippen MR) is 45.7 cm³/mol. The second kappa shape index (κ2) is 3.72. The lowest BCUT2D eigenvalue weighted by atomic mass is 10.1. The zero-order valence-corrected chi connectivity index (χ0v) is 7.21. The van der Waals surface area contributed by atoms with E-state index in [9.17, 15) is 0 Å². The first kappa shape index (κ1) is 8.53. The summed E-state index contributed by atoms with van der Waals surface area (Å²) in [5, 5.41) is 0. The van der Waals surface area contributed by atoms with Gasteiger partial charge in [-0.1, -0.05) is 13.8 Å². The zero-order valence-electron chi connectivity index (χ0n) is 7.21. The zero-order chi connectivity index (χ0) is 8.27. The average molecular weight is 156 g/mol. The van der Waals surface area contributed by atoms with Gasteiger partial charge in [-0.2, -0.15) is 0 Å². The lowest BCUT2D eigenvalue weighted by molar-refractivity contribution is 0.192. The van der Waals surface area contributed by atoms with Gasteiger partial charge in [-0.3, -0.25) is 4.99 Å². The molecular weight excluding hydrogens is 140 g/mol. The third-order valence-electron chi connectivity index (χ3n) is 1.68. The molecule has 1 heterocycles. The van der Waals surface area contributed by atoms with E-state index in [-0.39, 0.29) is 6.10 Å². The molecule has 0 fully saturated rings. The Labute approximate surface area is 67.6 Å². The minimum Gasteiger partial charge on any atom is -0.475 e. The van der Waals surface area contributed by atoms with E-state index in [0.29, 0.717) is 12.5 Å². The Balaban J connectivity index is 2.24. The molecule has 0 aromatic heterocycles. The third-order valence-corrected chi connectivity index (χ3v) is 1.68. The van der Waals surface area contributed by atoms with Gasteiger partial charge in [-0.25, -0.2) is 0 Å². The first-order chi connectivity index (χ1) is 5.22. The highest BCUT2D eigenvalue weighted by Gasteiger charge is 2.18. The van der Waals surface area contributed by atoms with Crippen molar-refractivity contribution in [1.82, 2.24) is 0 Å². The van der Waals surface area contributed by atoms with Crippen molar-refractivity contribution in [3.63, 3.8) is 0 Å². The van der Waals surface area contributed by atoms with Crippen LogP contribution in [0, 0.1) is 5.92 Å². The van der Waals surface area contributed by atoms with E-state index in [2.05, 4.69) is 18.8 Å². The van der Waals surface area contributed by atoms with Crippen LogP contribution >= 0.6 is 0 Å². The topological polar surface area (TPSA) is 47.6 Å². The molecule has 64 valence electrons. The van der Waals surface area contributed by atoms with E-state index in [0.717, 1.165) is 18.9 Å². The average Bonchev–Trinajstić information content (AvgIpc) is 2.34. The molecule has 0 aromatic carbocycles. The second-order valence-corrected chi connectivity index (χ2v) is 3.31. The minimum atomic E-state index is 0.286. The minimum absolute atomic E-state index is 0.286. The van der Waals surface area contributed by atoms with Gasteiger partial charge in [0.2, 0.25) is 0 Å². The van der Waals surface area contributed by atoms with Crippen LogP contribution in [0.5, 0.6) is 0 Å². The molecule has 0 aromatic rings. The number of hydrogen-bond acceptors (Lipinski definition) is 3. The Morgan fingerprint density at radius 1 is 1.73 bits per heavy atom. The summed E-state index contributed by atoms with van der Waals surface area (Å²) in [4.78, 5) is 4.16. The summed E-state index contributed by atoms with van der Waals surface area (Å²) < 4.78 is 5.45. The van der Waals surface area contributed by atoms with Gasteiger partial charge in [-0.05, 0) is 12.3 Å². The first-order valence-electron chi connectivity index (χ1n) is 4.12. The SMILES string of the molecule is CC(C)CC1CN=C(CN)O1. The van der Waals surface area contributed by atoms with E-state index >= 15 is 0 Å². The van der Waals surface area contributed by atoms with Gasteiger partial charge in [0.05, 0.1) is 13.1 Å². The summed E-state index contributed by atoms with van der Waals surface area (Å²) in [6.07, 6.45) is 1.36. The highest BCUT2D eigenvalue weighted by molar-refractivity contribution is 5.79. The molecular formula is C8H16N2O. The Kier molecular flexibility index (Phi) is 2.88. The Hall–Kier alpha value is -0.570. The fourth-order valence-corrected chi connectivity index (χ4v) is 1.23. The second-order valence-electron chi connectivity index (χ2n) is 3.31. The number of hydrogen-bond donors (Lipinski definition) is 1. The first-order valence-corrected chi connectivity index (χ1v) is 4.12. The number of ether oxygens (including phenoxy) is 1. The highest BCUT2D eigenvalue weighted by Crippen LogP contribution is 2.13. The molecule has 3 heteroatoms. The van der Waals surface area contributed by atoms with Crippen molar-refractivity contribution < 1.29 is 4.74 Å². The van der Waals surface area contributed by atoms with Gasteiger partial charge in [0.25, 0.3) is 0 Å². The highest BCUT2D eigenvalue weighted by atomic mass is 16.5. The predicted octanol–water partition coefficient (Wildman–Crippen LogP) is 0.788. The molecule has 0 saturated heterocycles. The van der Waals surface area contributed by atoms with Gasteiger partial charge in [-0.15, -0.1) is 0 Å². The summed E-state index contributed by atoms with van der Waals surface area (Å²) in [6.45, 7) is 5.60. The normalized spacial score (nSPS) is 23.6. The largest absolute Gasteiger partial charge is 0.475 e. The van der Waals surface area contributed by atoms with E-state index < -0.39 is 0 Å². The molecule has 2 N–H and O–H groups in total. The monoisotopic (exact) mass is 156 g/mol. The number of aliphatic imine (C=N–C) groups is 1.